The van der Waals surface area contributed by atoms with E-state index < -0.39 is 0 Å². The molecule has 5 nitrogen and oxygen atoms in total. The number of piperidine rings is 1. The maximum absolute atomic E-state index is 12.2. The number of carbonyl (C=O) groups excluding carboxylic acids is 1. The van der Waals surface area contributed by atoms with Crippen LogP contribution < -0.4 is 21.1 Å². The van der Waals surface area contributed by atoms with E-state index >= 15 is 0 Å². The lowest BCUT2D eigenvalue weighted by molar-refractivity contribution is -0.120. The van der Waals surface area contributed by atoms with Crippen LogP contribution in [0.4, 0.5) is 5.69 Å². The SMILES string of the molecule is C[C@H]1C[C@@H](C(=O)Nc2ccc(OCCN)cc2)CCN1. The number of benzene rings is 1. The van der Waals surface area contributed by atoms with Gasteiger partial charge in [0.1, 0.15) is 12.4 Å². The van der Waals surface area contributed by atoms with E-state index in [9.17, 15) is 4.79 Å². The molecule has 0 unspecified atom stereocenters. The summed E-state index contributed by atoms with van der Waals surface area (Å²) in [6.07, 6.45) is 1.79. The Morgan fingerprint density at radius 2 is 2.20 bits per heavy atom. The number of nitrogens with one attached hydrogen (secondary N) is 2. The van der Waals surface area contributed by atoms with E-state index in [2.05, 4.69) is 17.6 Å². The Bertz CT molecular complexity index is 433. The Hall–Kier alpha value is -1.59. The minimum Gasteiger partial charge on any atom is -0.492 e. The lowest BCUT2D eigenvalue weighted by Gasteiger charge is -2.27. The number of hydrogen-bond acceptors (Lipinski definition) is 4. The summed E-state index contributed by atoms with van der Waals surface area (Å²) >= 11 is 0. The third-order valence-corrected chi connectivity index (χ3v) is 3.50. The second-order valence-corrected chi connectivity index (χ2v) is 5.23. The van der Waals surface area contributed by atoms with Gasteiger partial charge in [0.15, 0.2) is 0 Å². The minimum absolute atomic E-state index is 0.0967. The zero-order chi connectivity index (χ0) is 14.4. The Labute approximate surface area is 119 Å². The zero-order valence-electron chi connectivity index (χ0n) is 11.9. The highest BCUT2D eigenvalue weighted by Crippen LogP contribution is 2.20. The van der Waals surface area contributed by atoms with Crippen molar-refractivity contribution in [2.45, 2.75) is 25.8 Å². The maximum Gasteiger partial charge on any atom is 0.227 e. The standard InChI is InChI=1S/C15H23N3O2/c1-11-10-12(6-8-17-11)15(19)18-13-2-4-14(5-3-13)20-9-7-16/h2-5,11-12,17H,6-10,16H2,1H3,(H,18,19)/t11-,12-/m0/s1. The summed E-state index contributed by atoms with van der Waals surface area (Å²) in [7, 11) is 0. The van der Waals surface area contributed by atoms with Crippen molar-refractivity contribution in [3.8, 4) is 5.75 Å². The van der Waals surface area contributed by atoms with Crippen LogP contribution in [0.15, 0.2) is 24.3 Å². The van der Waals surface area contributed by atoms with Crippen molar-refractivity contribution >= 4 is 11.6 Å². The fourth-order valence-electron chi connectivity index (χ4n) is 2.43. The Balaban J connectivity index is 1.87. The number of rotatable bonds is 5. The maximum atomic E-state index is 12.2. The number of carbonyl (C=O) groups is 1. The van der Waals surface area contributed by atoms with Crippen LogP contribution in [0.2, 0.25) is 0 Å². The predicted octanol–water partition coefficient (Wildman–Crippen LogP) is 1.35. The molecule has 0 aliphatic carbocycles. The van der Waals surface area contributed by atoms with E-state index in [1.54, 1.807) is 0 Å². The smallest absolute Gasteiger partial charge is 0.227 e. The monoisotopic (exact) mass is 277 g/mol. The van der Waals surface area contributed by atoms with Crippen LogP contribution in [0.25, 0.3) is 0 Å². The van der Waals surface area contributed by atoms with Gasteiger partial charge in [0, 0.05) is 24.2 Å². The van der Waals surface area contributed by atoms with E-state index in [-0.39, 0.29) is 11.8 Å². The Kier molecular flexibility index (Phi) is 5.38. The van der Waals surface area contributed by atoms with Crippen LogP contribution >= 0.6 is 0 Å². The van der Waals surface area contributed by atoms with Gasteiger partial charge in [0.2, 0.25) is 5.91 Å². The second kappa shape index (κ2) is 7.26. The van der Waals surface area contributed by atoms with Crippen molar-refractivity contribution in [3.63, 3.8) is 0 Å². The van der Waals surface area contributed by atoms with Gasteiger partial charge in [-0.05, 0) is 50.6 Å². The van der Waals surface area contributed by atoms with Gasteiger partial charge in [-0.3, -0.25) is 4.79 Å². The van der Waals surface area contributed by atoms with Crippen molar-refractivity contribution < 1.29 is 9.53 Å². The van der Waals surface area contributed by atoms with Crippen molar-refractivity contribution in [2.24, 2.45) is 11.7 Å². The summed E-state index contributed by atoms with van der Waals surface area (Å²) in [6, 6.07) is 7.81. The normalized spacial score (nSPS) is 22.3. The van der Waals surface area contributed by atoms with Crippen LogP contribution in [-0.2, 0) is 4.79 Å². The first-order valence-electron chi connectivity index (χ1n) is 7.16. The third-order valence-electron chi connectivity index (χ3n) is 3.50. The molecule has 2 atom stereocenters. The predicted molar refractivity (Wildman–Crippen MR) is 79.8 cm³/mol. The van der Waals surface area contributed by atoms with Gasteiger partial charge in [-0.25, -0.2) is 0 Å². The van der Waals surface area contributed by atoms with Crippen LogP contribution in [0.3, 0.4) is 0 Å². The summed E-state index contributed by atoms with van der Waals surface area (Å²) < 4.78 is 5.40. The first-order valence-corrected chi connectivity index (χ1v) is 7.16. The lowest BCUT2D eigenvalue weighted by Crippen LogP contribution is -2.40. The molecule has 20 heavy (non-hydrogen) atoms. The quantitative estimate of drug-likeness (QED) is 0.759. The fraction of sp³-hybridized carbons (Fsp3) is 0.533. The summed E-state index contributed by atoms with van der Waals surface area (Å²) in [6.45, 7) is 4.01. The van der Waals surface area contributed by atoms with Gasteiger partial charge in [-0.2, -0.15) is 0 Å². The van der Waals surface area contributed by atoms with Gasteiger partial charge in [0.05, 0.1) is 0 Å². The third kappa shape index (κ3) is 4.21. The van der Waals surface area contributed by atoms with E-state index in [1.807, 2.05) is 24.3 Å². The fourth-order valence-corrected chi connectivity index (χ4v) is 2.43. The highest BCUT2D eigenvalue weighted by molar-refractivity contribution is 5.92. The van der Waals surface area contributed by atoms with Gasteiger partial charge >= 0.3 is 0 Å². The highest BCUT2D eigenvalue weighted by Gasteiger charge is 2.24. The minimum atomic E-state index is 0.0967. The van der Waals surface area contributed by atoms with E-state index in [0.717, 1.165) is 30.8 Å². The molecule has 0 aromatic heterocycles. The van der Waals surface area contributed by atoms with E-state index in [0.29, 0.717) is 19.2 Å². The average molecular weight is 277 g/mol. The molecule has 0 radical (unpaired) electrons. The van der Waals surface area contributed by atoms with Crippen molar-refractivity contribution in [1.29, 1.82) is 0 Å². The molecule has 110 valence electrons. The summed E-state index contributed by atoms with van der Waals surface area (Å²) in [4.78, 5) is 12.2. The van der Waals surface area contributed by atoms with Gasteiger partial charge in [-0.15, -0.1) is 0 Å². The number of anilines is 1. The molecule has 0 bridgehead atoms. The molecule has 4 N–H and O–H groups in total. The number of ether oxygens (including phenoxy) is 1. The van der Waals surface area contributed by atoms with Crippen LogP contribution in [0.1, 0.15) is 19.8 Å². The van der Waals surface area contributed by atoms with Crippen molar-refractivity contribution in [1.82, 2.24) is 5.32 Å². The number of nitrogens with two attached hydrogens (primary N) is 1. The number of amides is 1. The summed E-state index contributed by atoms with van der Waals surface area (Å²) in [5.41, 5.74) is 6.19. The second-order valence-electron chi connectivity index (χ2n) is 5.23. The van der Waals surface area contributed by atoms with Crippen LogP contribution in [0, 0.1) is 5.92 Å². The van der Waals surface area contributed by atoms with Gasteiger partial charge < -0.3 is 21.1 Å². The molecule has 1 aliphatic rings. The molecule has 0 saturated carbocycles. The van der Waals surface area contributed by atoms with Crippen LogP contribution in [-0.4, -0.2) is 31.6 Å². The average Bonchev–Trinajstić information content (AvgIpc) is 2.46. The molecule has 5 heteroatoms. The highest BCUT2D eigenvalue weighted by atomic mass is 16.5. The van der Waals surface area contributed by atoms with E-state index in [1.165, 1.54) is 0 Å². The topological polar surface area (TPSA) is 76.4 Å². The summed E-state index contributed by atoms with van der Waals surface area (Å²) in [5, 5.41) is 6.32. The lowest BCUT2D eigenvalue weighted by atomic mass is 9.92. The molecular formula is C15H23N3O2. The molecule has 2 rings (SSSR count). The van der Waals surface area contributed by atoms with Gasteiger partial charge in [-0.1, -0.05) is 0 Å². The largest absolute Gasteiger partial charge is 0.492 e. The molecule has 1 saturated heterocycles. The Morgan fingerprint density at radius 3 is 2.85 bits per heavy atom. The Morgan fingerprint density at radius 1 is 1.45 bits per heavy atom. The molecule has 1 aromatic rings. The molecule has 1 amide bonds. The first kappa shape index (κ1) is 14.8. The molecule has 0 spiro atoms. The van der Waals surface area contributed by atoms with E-state index in [4.69, 9.17) is 10.5 Å². The van der Waals surface area contributed by atoms with Gasteiger partial charge in [0.25, 0.3) is 0 Å². The van der Waals surface area contributed by atoms with Crippen molar-refractivity contribution in [3.05, 3.63) is 24.3 Å². The number of hydrogen-bond donors (Lipinski definition) is 3. The summed E-state index contributed by atoms with van der Waals surface area (Å²) in [5.74, 6) is 0.970. The molecule has 1 aliphatic heterocycles. The zero-order valence-corrected chi connectivity index (χ0v) is 11.9. The molecule has 1 heterocycles. The molecular weight excluding hydrogens is 254 g/mol. The first-order chi connectivity index (χ1) is 9.69. The molecule has 1 aromatic carbocycles. The molecule has 1 fully saturated rings. The van der Waals surface area contributed by atoms with Crippen molar-refractivity contribution in [2.75, 3.05) is 25.0 Å². The van der Waals surface area contributed by atoms with Crippen LogP contribution in [0.5, 0.6) is 5.75 Å².